The molecular weight excluding hydrogens is 266 g/mol. The van der Waals surface area contributed by atoms with Crippen molar-refractivity contribution in [2.75, 3.05) is 39.8 Å². The Morgan fingerprint density at radius 1 is 1.43 bits per heavy atom. The molecule has 1 aliphatic rings. The molecule has 124 valence electrons. The van der Waals surface area contributed by atoms with Crippen LogP contribution in [0.5, 0.6) is 0 Å². The Balaban J connectivity index is 2.58. The standard InChI is InChI=1S/C16H33N3O2/c1-7-21-15(20)16(5,17-13(2)3)8-9-19-11-10-18(6)14(4)12-19/h13-14,17H,7-12H2,1-6H3. The monoisotopic (exact) mass is 299 g/mol. The zero-order chi connectivity index (χ0) is 16.0. The number of ether oxygens (including phenoxy) is 1. The third-order valence-electron chi connectivity index (χ3n) is 4.31. The Bertz CT molecular complexity index is 335. The van der Waals surface area contributed by atoms with Gasteiger partial charge in [0.2, 0.25) is 0 Å². The second-order valence-corrected chi connectivity index (χ2v) is 6.73. The molecule has 0 bridgehead atoms. The smallest absolute Gasteiger partial charge is 0.326 e. The van der Waals surface area contributed by atoms with E-state index in [4.69, 9.17) is 4.74 Å². The van der Waals surface area contributed by atoms with Crippen molar-refractivity contribution in [3.63, 3.8) is 0 Å². The molecule has 0 spiro atoms. The van der Waals surface area contributed by atoms with Gasteiger partial charge in [-0.15, -0.1) is 0 Å². The number of piperazine rings is 1. The van der Waals surface area contributed by atoms with E-state index in [0.717, 1.165) is 32.6 Å². The van der Waals surface area contributed by atoms with Gasteiger partial charge in [-0.25, -0.2) is 0 Å². The van der Waals surface area contributed by atoms with E-state index in [0.29, 0.717) is 12.6 Å². The number of carbonyl (C=O) groups is 1. The number of nitrogens with zero attached hydrogens (tertiary/aromatic N) is 2. The van der Waals surface area contributed by atoms with Gasteiger partial charge in [0.1, 0.15) is 5.54 Å². The number of nitrogens with one attached hydrogen (secondary N) is 1. The molecule has 0 saturated carbocycles. The highest BCUT2D eigenvalue weighted by atomic mass is 16.5. The normalized spacial score (nSPS) is 24.0. The first-order valence-electron chi connectivity index (χ1n) is 8.16. The van der Waals surface area contributed by atoms with Gasteiger partial charge in [0.15, 0.2) is 0 Å². The largest absolute Gasteiger partial charge is 0.465 e. The van der Waals surface area contributed by atoms with Gasteiger partial charge in [-0.1, -0.05) is 0 Å². The fraction of sp³-hybridized carbons (Fsp3) is 0.938. The molecule has 1 heterocycles. The highest BCUT2D eigenvalue weighted by Gasteiger charge is 2.35. The van der Waals surface area contributed by atoms with E-state index in [9.17, 15) is 4.79 Å². The molecule has 1 N–H and O–H groups in total. The molecule has 0 amide bonds. The molecule has 21 heavy (non-hydrogen) atoms. The molecular formula is C16H33N3O2. The Kier molecular flexibility index (Phi) is 7.10. The Hall–Kier alpha value is -0.650. The van der Waals surface area contributed by atoms with Crippen LogP contribution < -0.4 is 5.32 Å². The summed E-state index contributed by atoms with van der Waals surface area (Å²) >= 11 is 0. The lowest BCUT2D eigenvalue weighted by atomic mass is 9.96. The maximum atomic E-state index is 12.3. The van der Waals surface area contributed by atoms with E-state index in [1.807, 2.05) is 13.8 Å². The van der Waals surface area contributed by atoms with Crippen molar-refractivity contribution in [2.24, 2.45) is 0 Å². The van der Waals surface area contributed by atoms with Gasteiger partial charge >= 0.3 is 5.97 Å². The summed E-state index contributed by atoms with van der Waals surface area (Å²) in [5.74, 6) is -0.138. The summed E-state index contributed by atoms with van der Waals surface area (Å²) < 4.78 is 5.26. The van der Waals surface area contributed by atoms with Gasteiger partial charge in [-0.3, -0.25) is 10.1 Å². The first kappa shape index (κ1) is 18.4. The average Bonchev–Trinajstić information content (AvgIpc) is 2.39. The van der Waals surface area contributed by atoms with Crippen molar-refractivity contribution in [3.8, 4) is 0 Å². The van der Waals surface area contributed by atoms with Gasteiger partial charge in [0.05, 0.1) is 6.61 Å². The number of likely N-dealkylation sites (N-methyl/N-ethyl adjacent to an activating group) is 1. The number of hydrogen-bond donors (Lipinski definition) is 1. The third-order valence-corrected chi connectivity index (χ3v) is 4.31. The summed E-state index contributed by atoms with van der Waals surface area (Å²) in [6.07, 6.45) is 0.778. The van der Waals surface area contributed by atoms with Crippen molar-refractivity contribution < 1.29 is 9.53 Å². The highest BCUT2D eigenvalue weighted by Crippen LogP contribution is 2.16. The Labute approximate surface area is 130 Å². The quantitative estimate of drug-likeness (QED) is 0.719. The Morgan fingerprint density at radius 2 is 2.10 bits per heavy atom. The maximum Gasteiger partial charge on any atom is 0.326 e. The molecule has 2 unspecified atom stereocenters. The van der Waals surface area contributed by atoms with Gasteiger partial charge in [0, 0.05) is 38.3 Å². The zero-order valence-corrected chi connectivity index (χ0v) is 14.6. The van der Waals surface area contributed by atoms with Gasteiger partial charge in [0.25, 0.3) is 0 Å². The van der Waals surface area contributed by atoms with Crippen LogP contribution in [-0.4, -0.2) is 73.2 Å². The van der Waals surface area contributed by atoms with Crippen molar-refractivity contribution in [1.29, 1.82) is 0 Å². The summed E-state index contributed by atoms with van der Waals surface area (Å²) in [6.45, 7) is 14.8. The zero-order valence-electron chi connectivity index (χ0n) is 14.6. The summed E-state index contributed by atoms with van der Waals surface area (Å²) in [7, 11) is 2.17. The lowest BCUT2D eigenvalue weighted by molar-refractivity contribution is -0.151. The van der Waals surface area contributed by atoms with Crippen molar-refractivity contribution in [2.45, 2.75) is 58.7 Å². The minimum Gasteiger partial charge on any atom is -0.465 e. The third kappa shape index (κ3) is 5.57. The molecule has 1 rings (SSSR count). The molecule has 0 radical (unpaired) electrons. The van der Waals surface area contributed by atoms with E-state index in [2.05, 4.69) is 42.9 Å². The van der Waals surface area contributed by atoms with E-state index >= 15 is 0 Å². The molecule has 1 fully saturated rings. The van der Waals surface area contributed by atoms with Crippen molar-refractivity contribution in [3.05, 3.63) is 0 Å². The molecule has 1 saturated heterocycles. The highest BCUT2D eigenvalue weighted by molar-refractivity contribution is 5.80. The van der Waals surface area contributed by atoms with Crippen LogP contribution in [0.15, 0.2) is 0 Å². The second-order valence-electron chi connectivity index (χ2n) is 6.73. The van der Waals surface area contributed by atoms with Gasteiger partial charge in [-0.2, -0.15) is 0 Å². The predicted octanol–water partition coefficient (Wildman–Crippen LogP) is 1.33. The topological polar surface area (TPSA) is 44.8 Å². The summed E-state index contributed by atoms with van der Waals surface area (Å²) in [4.78, 5) is 17.1. The molecule has 0 aromatic carbocycles. The van der Waals surface area contributed by atoms with E-state index in [1.165, 1.54) is 0 Å². The fourth-order valence-corrected chi connectivity index (χ4v) is 2.87. The van der Waals surface area contributed by atoms with Crippen LogP contribution >= 0.6 is 0 Å². The summed E-state index contributed by atoms with van der Waals surface area (Å²) in [6, 6.07) is 0.830. The SMILES string of the molecule is CCOC(=O)C(C)(CCN1CCN(C)C(C)C1)NC(C)C. The van der Waals surface area contributed by atoms with E-state index in [-0.39, 0.29) is 12.0 Å². The number of hydrogen-bond acceptors (Lipinski definition) is 5. The van der Waals surface area contributed by atoms with Gasteiger partial charge in [-0.05, 0) is 48.1 Å². The van der Waals surface area contributed by atoms with Crippen LogP contribution in [0.2, 0.25) is 0 Å². The number of carbonyl (C=O) groups excluding carboxylic acids is 1. The van der Waals surface area contributed by atoms with Crippen LogP contribution in [0.1, 0.15) is 41.0 Å². The minimum atomic E-state index is -0.600. The van der Waals surface area contributed by atoms with Crippen molar-refractivity contribution >= 4 is 5.97 Å². The number of rotatable bonds is 7. The fourth-order valence-electron chi connectivity index (χ4n) is 2.87. The van der Waals surface area contributed by atoms with E-state index < -0.39 is 5.54 Å². The first-order chi connectivity index (χ1) is 9.78. The summed E-state index contributed by atoms with van der Waals surface area (Å²) in [5.41, 5.74) is -0.600. The first-order valence-corrected chi connectivity index (χ1v) is 8.16. The maximum absolute atomic E-state index is 12.3. The molecule has 1 aliphatic heterocycles. The molecule has 0 aromatic rings. The van der Waals surface area contributed by atoms with Crippen LogP contribution in [0.4, 0.5) is 0 Å². The molecule has 5 nitrogen and oxygen atoms in total. The molecule has 5 heteroatoms. The average molecular weight is 299 g/mol. The lowest BCUT2D eigenvalue weighted by Gasteiger charge is -2.39. The minimum absolute atomic E-state index is 0.138. The van der Waals surface area contributed by atoms with E-state index in [1.54, 1.807) is 0 Å². The molecule has 2 atom stereocenters. The second kappa shape index (κ2) is 8.11. The lowest BCUT2D eigenvalue weighted by Crippen LogP contribution is -2.56. The molecule has 0 aromatic heterocycles. The van der Waals surface area contributed by atoms with Crippen LogP contribution in [-0.2, 0) is 9.53 Å². The molecule has 0 aliphatic carbocycles. The van der Waals surface area contributed by atoms with Crippen LogP contribution in [0.25, 0.3) is 0 Å². The van der Waals surface area contributed by atoms with Gasteiger partial charge < -0.3 is 14.5 Å². The summed E-state index contributed by atoms with van der Waals surface area (Å²) in [5, 5.41) is 3.39. The number of esters is 1. The van der Waals surface area contributed by atoms with Crippen molar-refractivity contribution in [1.82, 2.24) is 15.1 Å². The predicted molar refractivity (Wildman–Crippen MR) is 86.5 cm³/mol. The Morgan fingerprint density at radius 3 is 2.62 bits per heavy atom. The van der Waals surface area contributed by atoms with Crippen LogP contribution in [0, 0.1) is 0 Å². The van der Waals surface area contributed by atoms with Crippen LogP contribution in [0.3, 0.4) is 0 Å².